The molecule has 0 radical (unpaired) electrons. The number of rotatable bonds is 6. The van der Waals surface area contributed by atoms with E-state index in [1.165, 1.54) is 41.8 Å². The summed E-state index contributed by atoms with van der Waals surface area (Å²) in [5.74, 6) is 0.946. The smallest absolute Gasteiger partial charge is 0.0796 e. The fraction of sp³-hybridized carbons (Fsp3) is 0.550. The summed E-state index contributed by atoms with van der Waals surface area (Å²) >= 11 is 0. The molecule has 25 heavy (non-hydrogen) atoms. The molecular formula is C20H29ClN4. The van der Waals surface area contributed by atoms with Gasteiger partial charge < -0.3 is 10.2 Å². The van der Waals surface area contributed by atoms with Crippen LogP contribution >= 0.6 is 12.4 Å². The van der Waals surface area contributed by atoms with Gasteiger partial charge in [0.25, 0.3) is 0 Å². The first-order valence-electron chi connectivity index (χ1n) is 9.37. The van der Waals surface area contributed by atoms with Gasteiger partial charge in [-0.3, -0.25) is 4.68 Å². The molecule has 2 heterocycles. The predicted octanol–water partition coefficient (Wildman–Crippen LogP) is 4.38. The average molecular weight is 361 g/mol. The minimum Gasteiger partial charge on any atom is -0.339 e. The van der Waals surface area contributed by atoms with E-state index < -0.39 is 0 Å². The molecule has 0 bridgehead atoms. The number of nitrogens with zero attached hydrogens (tertiary/aromatic N) is 3. The molecule has 2 aromatic rings. The van der Waals surface area contributed by atoms with Crippen molar-refractivity contribution in [2.45, 2.75) is 45.1 Å². The number of benzene rings is 1. The third-order valence-electron chi connectivity index (χ3n) is 5.32. The lowest BCUT2D eigenvalue weighted by Gasteiger charge is -2.30. The average Bonchev–Trinajstić information content (AvgIpc) is 3.31. The van der Waals surface area contributed by atoms with Gasteiger partial charge in [0.15, 0.2) is 0 Å². The number of halogens is 1. The molecule has 4 rings (SSSR count). The normalized spacial score (nSPS) is 19.2. The number of hydrogen-bond acceptors (Lipinski definition) is 3. The van der Waals surface area contributed by atoms with Crippen LogP contribution in [-0.4, -0.2) is 22.9 Å². The lowest BCUT2D eigenvalue weighted by Crippen LogP contribution is -2.30. The van der Waals surface area contributed by atoms with Crippen molar-refractivity contribution in [1.82, 2.24) is 15.1 Å². The minimum absolute atomic E-state index is 0. The van der Waals surface area contributed by atoms with Crippen LogP contribution in [0, 0.1) is 5.92 Å². The number of aryl methyl sites for hydroxylation is 1. The lowest BCUT2D eigenvalue weighted by atomic mass is 9.90. The van der Waals surface area contributed by atoms with Gasteiger partial charge in [0.1, 0.15) is 0 Å². The molecule has 2 aliphatic rings. The van der Waals surface area contributed by atoms with Gasteiger partial charge in [-0.1, -0.05) is 25.8 Å². The van der Waals surface area contributed by atoms with Crippen molar-refractivity contribution >= 4 is 23.8 Å². The molecule has 1 aromatic carbocycles. The fourth-order valence-electron chi connectivity index (χ4n) is 3.87. The van der Waals surface area contributed by atoms with Crippen LogP contribution in [0.1, 0.15) is 49.8 Å². The van der Waals surface area contributed by atoms with Crippen LogP contribution in [0.5, 0.6) is 0 Å². The summed E-state index contributed by atoms with van der Waals surface area (Å²) in [4.78, 5) is 2.40. The molecule has 1 aliphatic heterocycles. The van der Waals surface area contributed by atoms with Crippen LogP contribution in [0.4, 0.5) is 11.4 Å². The Morgan fingerprint density at radius 3 is 2.80 bits per heavy atom. The molecular weight excluding hydrogens is 332 g/mol. The molecule has 1 saturated carbocycles. The van der Waals surface area contributed by atoms with Crippen molar-refractivity contribution < 1.29 is 0 Å². The van der Waals surface area contributed by atoms with Gasteiger partial charge in [-0.2, -0.15) is 5.10 Å². The van der Waals surface area contributed by atoms with Crippen molar-refractivity contribution in [3.63, 3.8) is 0 Å². The van der Waals surface area contributed by atoms with Gasteiger partial charge in [0.05, 0.1) is 11.9 Å². The Morgan fingerprint density at radius 1 is 1.28 bits per heavy atom. The first-order chi connectivity index (χ1) is 11.7. The molecule has 1 fully saturated rings. The predicted molar refractivity (Wildman–Crippen MR) is 106 cm³/mol. The highest BCUT2D eigenvalue weighted by Crippen LogP contribution is 2.40. The number of aromatic nitrogens is 2. The van der Waals surface area contributed by atoms with E-state index in [1.54, 1.807) is 0 Å². The molecule has 4 nitrogen and oxygen atoms in total. The summed E-state index contributed by atoms with van der Waals surface area (Å²) < 4.78 is 1.88. The van der Waals surface area contributed by atoms with Gasteiger partial charge in [-0.25, -0.2) is 0 Å². The summed E-state index contributed by atoms with van der Waals surface area (Å²) in [5, 5.41) is 8.11. The van der Waals surface area contributed by atoms with Crippen LogP contribution in [0.3, 0.4) is 0 Å². The zero-order valence-corrected chi connectivity index (χ0v) is 16.1. The quantitative estimate of drug-likeness (QED) is 0.830. The first kappa shape index (κ1) is 18.3. The molecule has 1 unspecified atom stereocenters. The van der Waals surface area contributed by atoms with Crippen molar-refractivity contribution in [3.8, 4) is 0 Å². The van der Waals surface area contributed by atoms with Crippen LogP contribution < -0.4 is 10.2 Å². The standard InChI is InChI=1S/C20H28N4.ClH/c1-3-10-24(18-13-22-23(2)14-18)17-7-6-16-8-9-21-20(19(16)12-17)11-15-4-5-15;/h6-7,12-15,20-21H,3-5,8-11H2,1-2H3;1H. The summed E-state index contributed by atoms with van der Waals surface area (Å²) in [5.41, 5.74) is 5.54. The maximum absolute atomic E-state index is 4.36. The maximum Gasteiger partial charge on any atom is 0.0796 e. The Labute approximate surface area is 157 Å². The minimum atomic E-state index is 0. The van der Waals surface area contributed by atoms with Gasteiger partial charge in [-0.05, 0) is 55.0 Å². The Hall–Kier alpha value is -1.52. The molecule has 1 N–H and O–H groups in total. The van der Waals surface area contributed by atoms with Crippen LogP contribution in [0.2, 0.25) is 0 Å². The van der Waals surface area contributed by atoms with Crippen molar-refractivity contribution in [2.75, 3.05) is 18.0 Å². The fourth-order valence-corrected chi connectivity index (χ4v) is 3.87. The Balaban J connectivity index is 0.00000182. The van der Waals surface area contributed by atoms with E-state index in [4.69, 9.17) is 0 Å². The summed E-state index contributed by atoms with van der Waals surface area (Å²) in [7, 11) is 1.98. The molecule has 0 spiro atoms. The van der Waals surface area contributed by atoms with Gasteiger partial charge in [0.2, 0.25) is 0 Å². The molecule has 5 heteroatoms. The number of hydrogen-bond donors (Lipinski definition) is 1. The molecule has 0 amide bonds. The maximum atomic E-state index is 4.36. The third kappa shape index (κ3) is 4.01. The van der Waals surface area contributed by atoms with E-state index in [-0.39, 0.29) is 12.4 Å². The largest absolute Gasteiger partial charge is 0.339 e. The second kappa shape index (κ2) is 7.79. The number of fused-ring (bicyclic) bond motifs is 1. The third-order valence-corrected chi connectivity index (χ3v) is 5.32. The lowest BCUT2D eigenvalue weighted by molar-refractivity contribution is 0.453. The molecule has 0 saturated heterocycles. The van der Waals surface area contributed by atoms with Crippen molar-refractivity contribution in [2.24, 2.45) is 13.0 Å². The summed E-state index contributed by atoms with van der Waals surface area (Å²) in [6.07, 6.45) is 10.5. The monoisotopic (exact) mass is 360 g/mol. The van der Waals surface area contributed by atoms with Gasteiger partial charge in [-0.15, -0.1) is 12.4 Å². The number of anilines is 2. The molecule has 1 aromatic heterocycles. The highest BCUT2D eigenvalue weighted by molar-refractivity contribution is 5.85. The second-order valence-corrected chi connectivity index (χ2v) is 7.34. The number of nitrogens with one attached hydrogen (secondary N) is 1. The molecule has 136 valence electrons. The van der Waals surface area contributed by atoms with Crippen LogP contribution in [0.15, 0.2) is 30.6 Å². The van der Waals surface area contributed by atoms with E-state index in [9.17, 15) is 0 Å². The van der Waals surface area contributed by atoms with E-state index in [0.29, 0.717) is 6.04 Å². The topological polar surface area (TPSA) is 33.1 Å². The highest BCUT2D eigenvalue weighted by atomic mass is 35.5. The highest BCUT2D eigenvalue weighted by Gasteiger charge is 2.29. The Kier molecular flexibility index (Phi) is 5.70. The zero-order chi connectivity index (χ0) is 16.5. The SMILES string of the molecule is CCCN(c1ccc2c(c1)C(CC1CC1)NCC2)c1cnn(C)c1.Cl. The van der Waals surface area contributed by atoms with E-state index in [2.05, 4.69) is 46.6 Å². The molecule has 1 atom stereocenters. The summed E-state index contributed by atoms with van der Waals surface area (Å²) in [6, 6.07) is 7.61. The second-order valence-electron chi connectivity index (χ2n) is 7.34. The van der Waals surface area contributed by atoms with E-state index >= 15 is 0 Å². The van der Waals surface area contributed by atoms with Crippen LogP contribution in [-0.2, 0) is 13.5 Å². The van der Waals surface area contributed by atoms with E-state index in [0.717, 1.165) is 31.8 Å². The molecule has 1 aliphatic carbocycles. The van der Waals surface area contributed by atoms with Crippen molar-refractivity contribution in [3.05, 3.63) is 41.7 Å². The first-order valence-corrected chi connectivity index (χ1v) is 9.37. The zero-order valence-electron chi connectivity index (χ0n) is 15.2. The van der Waals surface area contributed by atoms with Gasteiger partial charge >= 0.3 is 0 Å². The Bertz CT molecular complexity index is 707. The van der Waals surface area contributed by atoms with Crippen LogP contribution in [0.25, 0.3) is 0 Å². The van der Waals surface area contributed by atoms with E-state index in [1.807, 2.05) is 17.9 Å². The van der Waals surface area contributed by atoms with Crippen molar-refractivity contribution in [1.29, 1.82) is 0 Å². The summed E-state index contributed by atoms with van der Waals surface area (Å²) in [6.45, 7) is 4.37. The Morgan fingerprint density at radius 2 is 2.12 bits per heavy atom. The van der Waals surface area contributed by atoms with Gasteiger partial charge in [0, 0.05) is 31.5 Å².